The summed E-state index contributed by atoms with van der Waals surface area (Å²) in [6.07, 6.45) is 0.424. The molecule has 0 fully saturated rings. The van der Waals surface area contributed by atoms with Crippen LogP contribution in [-0.2, 0) is 8.88 Å². The second-order valence-electron chi connectivity index (χ2n) is 7.62. The van der Waals surface area contributed by atoms with Crippen molar-refractivity contribution >= 4 is 30.6 Å². The molecule has 4 nitrogen and oxygen atoms in total. The predicted molar refractivity (Wildman–Crippen MR) is 123 cm³/mol. The first-order valence-corrected chi connectivity index (χ1v) is 13.5. The molecular formula is C23H28O4P2. The van der Waals surface area contributed by atoms with Crippen LogP contribution in [0.1, 0.15) is 23.6 Å². The maximum atomic E-state index is 12.5. The van der Waals surface area contributed by atoms with Gasteiger partial charge in [0.05, 0.1) is 0 Å². The Hall–Kier alpha value is -1.80. The molecule has 0 aliphatic carbocycles. The maximum absolute atomic E-state index is 12.5. The molecule has 0 saturated heterocycles. The number of hydrogen-bond acceptors (Lipinski definition) is 2. The molecule has 0 radical (unpaired) electrons. The van der Waals surface area contributed by atoms with Crippen molar-refractivity contribution in [2.24, 2.45) is 0 Å². The standard InChI is InChI=1S/C23H28O4P2/c1-5-29(27-28(24,25)26,21-12-6-9-18(2)15-21,22-13-7-10-19(3)16-22)23-14-8-11-20(4)17-23/h6-17H,5H2,1-4H3,(H2,24,25,26). The van der Waals surface area contributed by atoms with Gasteiger partial charge >= 0.3 is 173 Å². The van der Waals surface area contributed by atoms with Crippen molar-refractivity contribution in [3.05, 3.63) is 89.5 Å². The second-order valence-corrected chi connectivity index (χ2v) is 13.9. The number of rotatable bonds is 6. The van der Waals surface area contributed by atoms with Crippen LogP contribution in [0.15, 0.2) is 72.8 Å². The molecule has 0 bridgehead atoms. The molecule has 0 heterocycles. The van der Waals surface area contributed by atoms with Gasteiger partial charge in [-0.2, -0.15) is 0 Å². The summed E-state index contributed by atoms with van der Waals surface area (Å²) in [6.45, 7) is 3.94. The Balaban J connectivity index is 2.60. The van der Waals surface area contributed by atoms with Crippen LogP contribution >= 0.6 is 14.7 Å². The third kappa shape index (κ3) is 3.84. The van der Waals surface area contributed by atoms with E-state index in [0.717, 1.165) is 32.6 Å². The van der Waals surface area contributed by atoms with Gasteiger partial charge in [0, 0.05) is 0 Å². The van der Waals surface area contributed by atoms with Crippen molar-refractivity contribution in [1.82, 2.24) is 0 Å². The molecule has 0 unspecified atom stereocenters. The molecule has 0 aliphatic rings. The zero-order valence-corrected chi connectivity index (χ0v) is 19.0. The molecule has 2 N–H and O–H groups in total. The number of aryl methyl sites for hydroxylation is 3. The molecular weight excluding hydrogens is 402 g/mol. The van der Waals surface area contributed by atoms with Gasteiger partial charge in [-0.3, -0.25) is 0 Å². The minimum atomic E-state index is -4.85. The molecule has 3 aromatic carbocycles. The van der Waals surface area contributed by atoms with Gasteiger partial charge in [-0.25, -0.2) is 0 Å². The molecule has 0 spiro atoms. The summed E-state index contributed by atoms with van der Waals surface area (Å²) < 4.78 is 18.6. The summed E-state index contributed by atoms with van der Waals surface area (Å²) in [5, 5.41) is 2.45. The normalized spacial score (nSPS) is 13.7. The molecule has 0 amide bonds. The number of benzene rings is 3. The first-order chi connectivity index (χ1) is 13.6. The van der Waals surface area contributed by atoms with Gasteiger partial charge in [0.25, 0.3) is 0 Å². The van der Waals surface area contributed by atoms with Crippen LogP contribution in [0.25, 0.3) is 0 Å². The van der Waals surface area contributed by atoms with Crippen molar-refractivity contribution in [2.75, 3.05) is 6.16 Å². The molecule has 0 aromatic heterocycles. The van der Waals surface area contributed by atoms with E-state index in [0.29, 0.717) is 6.16 Å². The van der Waals surface area contributed by atoms with Gasteiger partial charge in [-0.05, 0) is 0 Å². The number of phosphoric acid groups is 1. The van der Waals surface area contributed by atoms with Crippen molar-refractivity contribution in [3.63, 3.8) is 0 Å². The van der Waals surface area contributed by atoms with Gasteiger partial charge in [-0.15, -0.1) is 0 Å². The van der Waals surface area contributed by atoms with E-state index in [2.05, 4.69) is 0 Å². The molecule has 0 aliphatic heterocycles. The quantitative estimate of drug-likeness (QED) is 0.566. The number of hydrogen-bond donors (Lipinski definition) is 2. The van der Waals surface area contributed by atoms with E-state index < -0.39 is 14.7 Å². The summed E-state index contributed by atoms with van der Waals surface area (Å²) in [4.78, 5) is 20.3. The van der Waals surface area contributed by atoms with Crippen LogP contribution in [-0.4, -0.2) is 15.9 Å². The zero-order chi connectivity index (χ0) is 21.3. The van der Waals surface area contributed by atoms with Gasteiger partial charge in [-0.1, -0.05) is 0 Å². The molecule has 29 heavy (non-hydrogen) atoms. The third-order valence-electron chi connectivity index (χ3n) is 5.53. The van der Waals surface area contributed by atoms with Crippen LogP contribution < -0.4 is 15.9 Å². The van der Waals surface area contributed by atoms with Crippen molar-refractivity contribution in [3.8, 4) is 0 Å². The Kier molecular flexibility index (Phi) is 5.89. The molecule has 0 saturated carbocycles. The Bertz CT molecular complexity index is 974. The Morgan fingerprint density at radius 2 is 1.10 bits per heavy atom. The fraction of sp³-hybridized carbons (Fsp3) is 0.217. The SMILES string of the molecule is CCP(OP(=O)(O)O)(c1cccc(C)c1)(c1cccc(C)c1)c1cccc(C)c1. The van der Waals surface area contributed by atoms with Crippen molar-refractivity contribution in [1.29, 1.82) is 0 Å². The van der Waals surface area contributed by atoms with Crippen molar-refractivity contribution < 1.29 is 18.7 Å². The first-order valence-electron chi connectivity index (χ1n) is 9.61. The Morgan fingerprint density at radius 3 is 1.34 bits per heavy atom. The van der Waals surface area contributed by atoms with E-state index in [1.807, 2.05) is 100 Å². The van der Waals surface area contributed by atoms with E-state index in [1.54, 1.807) is 0 Å². The summed E-state index contributed by atoms with van der Waals surface area (Å²) in [5.41, 5.74) is 3.04. The fourth-order valence-electron chi connectivity index (χ4n) is 4.20. The van der Waals surface area contributed by atoms with Crippen LogP contribution in [0.3, 0.4) is 0 Å². The van der Waals surface area contributed by atoms with E-state index in [9.17, 15) is 14.4 Å². The average Bonchev–Trinajstić information content (AvgIpc) is 2.65. The van der Waals surface area contributed by atoms with Crippen LogP contribution in [0, 0.1) is 20.8 Å². The first kappa shape index (κ1) is 21.9. The van der Waals surface area contributed by atoms with Crippen LogP contribution in [0.5, 0.6) is 0 Å². The van der Waals surface area contributed by atoms with Crippen molar-refractivity contribution in [2.45, 2.75) is 27.7 Å². The average molecular weight is 430 g/mol. The molecule has 154 valence electrons. The summed E-state index contributed by atoms with van der Waals surface area (Å²) in [7, 11) is -4.85. The van der Waals surface area contributed by atoms with Gasteiger partial charge in [0.15, 0.2) is 0 Å². The molecule has 3 aromatic rings. The summed E-state index contributed by atoms with van der Waals surface area (Å²) in [6, 6.07) is 23.5. The Labute approximate surface area is 172 Å². The van der Waals surface area contributed by atoms with Crippen LogP contribution in [0.4, 0.5) is 0 Å². The van der Waals surface area contributed by atoms with Gasteiger partial charge in [0.2, 0.25) is 0 Å². The van der Waals surface area contributed by atoms with E-state index >= 15 is 0 Å². The second kappa shape index (κ2) is 7.80. The van der Waals surface area contributed by atoms with Crippen LogP contribution in [0.2, 0.25) is 0 Å². The monoisotopic (exact) mass is 430 g/mol. The van der Waals surface area contributed by atoms with Gasteiger partial charge in [0.1, 0.15) is 0 Å². The minimum absolute atomic E-state index is 0.424. The van der Waals surface area contributed by atoms with Gasteiger partial charge < -0.3 is 0 Å². The molecule has 3 rings (SSSR count). The van der Waals surface area contributed by atoms with E-state index in [1.165, 1.54) is 0 Å². The van der Waals surface area contributed by atoms with E-state index in [4.69, 9.17) is 4.31 Å². The molecule has 6 heteroatoms. The topological polar surface area (TPSA) is 66.8 Å². The molecule has 0 atom stereocenters. The zero-order valence-electron chi connectivity index (χ0n) is 17.2. The third-order valence-corrected chi connectivity index (χ3v) is 13.1. The van der Waals surface area contributed by atoms with E-state index in [-0.39, 0.29) is 0 Å². The summed E-state index contributed by atoms with van der Waals surface area (Å²) >= 11 is 0. The fourth-order valence-corrected chi connectivity index (χ4v) is 12.3. The summed E-state index contributed by atoms with van der Waals surface area (Å²) in [5.74, 6) is 0. The Morgan fingerprint density at radius 1 is 0.759 bits per heavy atom. The predicted octanol–water partition coefficient (Wildman–Crippen LogP) is 4.49.